The fourth-order valence-corrected chi connectivity index (χ4v) is 1.63. The monoisotopic (exact) mass is 207 g/mol. The molecule has 1 aromatic carbocycles. The van der Waals surface area contributed by atoms with Crippen molar-refractivity contribution in [3.8, 4) is 0 Å². The maximum Gasteiger partial charge on any atom is 0.0632 e. The second kappa shape index (κ2) is 5.76. The van der Waals surface area contributed by atoms with Crippen molar-refractivity contribution < 1.29 is 5.11 Å². The van der Waals surface area contributed by atoms with Crippen molar-refractivity contribution in [3.05, 3.63) is 29.8 Å². The third-order valence-electron chi connectivity index (χ3n) is 2.40. The smallest absolute Gasteiger partial charge is 0.0632 e. The first kappa shape index (κ1) is 12.1. The van der Waals surface area contributed by atoms with Crippen molar-refractivity contribution in [3.63, 3.8) is 0 Å². The van der Waals surface area contributed by atoms with Gasteiger partial charge in [0.25, 0.3) is 0 Å². The minimum atomic E-state index is 0.160. The Kier molecular flexibility index (Phi) is 4.63. The van der Waals surface area contributed by atoms with E-state index in [-0.39, 0.29) is 12.6 Å². The predicted octanol–water partition coefficient (Wildman–Crippen LogP) is 2.81. The highest BCUT2D eigenvalue weighted by Crippen LogP contribution is 2.13. The van der Waals surface area contributed by atoms with E-state index >= 15 is 0 Å². The number of hydrogen-bond donors (Lipinski definition) is 2. The molecule has 1 atom stereocenters. The van der Waals surface area contributed by atoms with E-state index in [4.69, 9.17) is 0 Å². The quantitative estimate of drug-likeness (QED) is 0.778. The van der Waals surface area contributed by atoms with E-state index in [2.05, 4.69) is 50.4 Å². The molecule has 2 N–H and O–H groups in total. The van der Waals surface area contributed by atoms with Gasteiger partial charge in [-0.15, -0.1) is 0 Å². The van der Waals surface area contributed by atoms with Crippen molar-refractivity contribution >= 4 is 5.69 Å². The molecular formula is C13H21NO. The summed E-state index contributed by atoms with van der Waals surface area (Å²) in [6.45, 7) is 6.59. The molecule has 2 heteroatoms. The molecule has 1 rings (SSSR count). The Labute approximate surface area is 92.3 Å². The summed E-state index contributed by atoms with van der Waals surface area (Å²) < 4.78 is 0. The van der Waals surface area contributed by atoms with Crippen molar-refractivity contribution in [2.75, 3.05) is 11.9 Å². The van der Waals surface area contributed by atoms with Gasteiger partial charge in [-0.3, -0.25) is 0 Å². The van der Waals surface area contributed by atoms with Gasteiger partial charge in [-0.05, 0) is 31.4 Å². The Hall–Kier alpha value is -1.02. The molecule has 0 fully saturated rings. The van der Waals surface area contributed by atoms with E-state index in [1.54, 1.807) is 0 Å². The highest BCUT2D eigenvalue weighted by molar-refractivity contribution is 5.45. The number of aliphatic hydroxyl groups is 1. The highest BCUT2D eigenvalue weighted by Gasteiger charge is 2.08. The molecule has 2 nitrogen and oxygen atoms in total. The Bertz CT molecular complexity index is 279. The van der Waals surface area contributed by atoms with E-state index < -0.39 is 0 Å². The van der Waals surface area contributed by atoms with Gasteiger partial charge >= 0.3 is 0 Å². The summed E-state index contributed by atoms with van der Waals surface area (Å²) in [5, 5.41) is 12.6. The topological polar surface area (TPSA) is 32.3 Å². The summed E-state index contributed by atoms with van der Waals surface area (Å²) >= 11 is 0. The van der Waals surface area contributed by atoms with Crippen LogP contribution in [0.4, 0.5) is 5.69 Å². The number of nitrogens with one attached hydrogen (secondary N) is 1. The van der Waals surface area contributed by atoms with Crippen LogP contribution in [0.5, 0.6) is 0 Å². The van der Waals surface area contributed by atoms with Gasteiger partial charge in [-0.1, -0.05) is 31.5 Å². The molecule has 0 saturated heterocycles. The summed E-state index contributed by atoms with van der Waals surface area (Å²) in [6.07, 6.45) is 0.990. The van der Waals surface area contributed by atoms with Crippen LogP contribution in [-0.4, -0.2) is 17.8 Å². The number of benzene rings is 1. The Balaban J connectivity index is 2.54. The van der Waals surface area contributed by atoms with Crippen LogP contribution in [0.15, 0.2) is 24.3 Å². The minimum Gasteiger partial charge on any atom is -0.394 e. The fraction of sp³-hybridized carbons (Fsp3) is 0.538. The van der Waals surface area contributed by atoms with Crippen LogP contribution in [0.2, 0.25) is 0 Å². The molecule has 84 valence electrons. The number of rotatable bonds is 5. The largest absolute Gasteiger partial charge is 0.394 e. The standard InChI is InChI=1S/C13H21NO/c1-10(2)8-13(9-15)14-12-6-4-11(3)5-7-12/h4-7,10,13-15H,8-9H2,1-3H3. The number of anilines is 1. The Morgan fingerprint density at radius 2 is 1.80 bits per heavy atom. The Morgan fingerprint density at radius 1 is 1.20 bits per heavy atom. The molecule has 0 aliphatic carbocycles. The van der Waals surface area contributed by atoms with Crippen molar-refractivity contribution in [2.45, 2.75) is 33.2 Å². The van der Waals surface area contributed by atoms with E-state index in [0.717, 1.165) is 12.1 Å². The van der Waals surface area contributed by atoms with Crippen molar-refractivity contribution in [1.82, 2.24) is 0 Å². The first-order valence-corrected chi connectivity index (χ1v) is 5.56. The zero-order valence-electron chi connectivity index (χ0n) is 9.83. The summed E-state index contributed by atoms with van der Waals surface area (Å²) in [5.41, 5.74) is 2.34. The van der Waals surface area contributed by atoms with Gasteiger partial charge in [-0.25, -0.2) is 0 Å². The maximum atomic E-state index is 9.23. The second-order valence-electron chi connectivity index (χ2n) is 4.52. The molecule has 0 amide bonds. The molecule has 0 aliphatic rings. The summed E-state index contributed by atoms with van der Waals surface area (Å²) in [6, 6.07) is 8.42. The molecule has 0 bridgehead atoms. The van der Waals surface area contributed by atoms with Gasteiger partial charge in [-0.2, -0.15) is 0 Å². The van der Waals surface area contributed by atoms with E-state index in [0.29, 0.717) is 5.92 Å². The molecule has 15 heavy (non-hydrogen) atoms. The maximum absolute atomic E-state index is 9.23. The first-order valence-electron chi connectivity index (χ1n) is 5.56. The third kappa shape index (κ3) is 4.34. The van der Waals surface area contributed by atoms with Gasteiger partial charge in [0.05, 0.1) is 6.61 Å². The molecule has 1 aromatic rings. The van der Waals surface area contributed by atoms with Gasteiger partial charge in [0.2, 0.25) is 0 Å². The summed E-state index contributed by atoms with van der Waals surface area (Å²) in [5.74, 6) is 0.597. The zero-order chi connectivity index (χ0) is 11.3. The Morgan fingerprint density at radius 3 is 2.27 bits per heavy atom. The average molecular weight is 207 g/mol. The minimum absolute atomic E-state index is 0.160. The van der Waals surface area contributed by atoms with E-state index in [1.807, 2.05) is 0 Å². The zero-order valence-corrected chi connectivity index (χ0v) is 9.83. The van der Waals surface area contributed by atoms with E-state index in [1.165, 1.54) is 5.56 Å². The van der Waals surface area contributed by atoms with Crippen molar-refractivity contribution in [1.29, 1.82) is 0 Å². The molecule has 0 spiro atoms. The fourth-order valence-electron chi connectivity index (χ4n) is 1.63. The van der Waals surface area contributed by atoms with Crippen LogP contribution in [0, 0.1) is 12.8 Å². The SMILES string of the molecule is Cc1ccc(NC(CO)CC(C)C)cc1. The third-order valence-corrected chi connectivity index (χ3v) is 2.40. The molecule has 0 saturated carbocycles. The lowest BCUT2D eigenvalue weighted by atomic mass is 10.0. The lowest BCUT2D eigenvalue weighted by Crippen LogP contribution is -2.25. The van der Waals surface area contributed by atoms with Crippen LogP contribution in [0.1, 0.15) is 25.8 Å². The van der Waals surface area contributed by atoms with Crippen LogP contribution in [0.3, 0.4) is 0 Å². The van der Waals surface area contributed by atoms with Crippen LogP contribution in [0.25, 0.3) is 0 Å². The number of hydrogen-bond acceptors (Lipinski definition) is 2. The average Bonchev–Trinajstić information content (AvgIpc) is 2.19. The van der Waals surface area contributed by atoms with Crippen molar-refractivity contribution in [2.24, 2.45) is 5.92 Å². The number of aryl methyl sites for hydroxylation is 1. The van der Waals surface area contributed by atoms with Gasteiger partial charge in [0.1, 0.15) is 0 Å². The first-order chi connectivity index (χ1) is 7.11. The molecule has 0 aromatic heterocycles. The van der Waals surface area contributed by atoms with Crippen LogP contribution < -0.4 is 5.32 Å². The van der Waals surface area contributed by atoms with Gasteiger partial charge in [0.15, 0.2) is 0 Å². The molecule has 0 radical (unpaired) electrons. The van der Waals surface area contributed by atoms with Crippen LogP contribution in [-0.2, 0) is 0 Å². The lowest BCUT2D eigenvalue weighted by Gasteiger charge is -2.19. The number of aliphatic hydroxyl groups excluding tert-OH is 1. The highest BCUT2D eigenvalue weighted by atomic mass is 16.3. The predicted molar refractivity (Wildman–Crippen MR) is 65.1 cm³/mol. The van der Waals surface area contributed by atoms with Gasteiger partial charge in [0, 0.05) is 11.7 Å². The molecule has 0 heterocycles. The molecule has 0 aliphatic heterocycles. The summed E-state index contributed by atoms with van der Waals surface area (Å²) in [4.78, 5) is 0. The lowest BCUT2D eigenvalue weighted by molar-refractivity contribution is 0.259. The summed E-state index contributed by atoms with van der Waals surface area (Å²) in [7, 11) is 0. The van der Waals surface area contributed by atoms with E-state index in [9.17, 15) is 5.11 Å². The normalized spacial score (nSPS) is 12.9. The molecular weight excluding hydrogens is 186 g/mol. The molecule has 1 unspecified atom stereocenters. The van der Waals surface area contributed by atoms with Crippen LogP contribution >= 0.6 is 0 Å². The van der Waals surface area contributed by atoms with Gasteiger partial charge < -0.3 is 10.4 Å². The second-order valence-corrected chi connectivity index (χ2v) is 4.52.